The molecule has 0 saturated heterocycles. The minimum atomic E-state index is -0.476. The summed E-state index contributed by atoms with van der Waals surface area (Å²) in [7, 11) is 0. The molecule has 0 aliphatic rings. The molecule has 0 amide bonds. The van der Waals surface area contributed by atoms with Crippen LogP contribution in [0.25, 0.3) is 0 Å². The number of carbonyl (C=O) groups is 1. The standard InChI is InChI=1S/C15H13ClO2/c1-11-5-2-3-6-13(11)10-18-14-8-4-7-12(9-14)15(16)17/h2-9H,10H2,1H3. The number of rotatable bonds is 4. The Hall–Kier alpha value is -1.80. The Bertz CT molecular complexity index is 564. The molecule has 0 saturated carbocycles. The highest BCUT2D eigenvalue weighted by Gasteiger charge is 2.04. The second-order valence-corrected chi connectivity index (χ2v) is 4.36. The number of ether oxygens (including phenoxy) is 1. The predicted octanol–water partition coefficient (Wildman–Crippen LogP) is 3.95. The summed E-state index contributed by atoms with van der Waals surface area (Å²) in [5.74, 6) is 0.643. The van der Waals surface area contributed by atoms with Gasteiger partial charge < -0.3 is 4.74 Å². The molecule has 0 heterocycles. The maximum atomic E-state index is 11.0. The van der Waals surface area contributed by atoms with Crippen LogP contribution in [0.5, 0.6) is 5.75 Å². The van der Waals surface area contributed by atoms with E-state index in [1.807, 2.05) is 37.3 Å². The van der Waals surface area contributed by atoms with Gasteiger partial charge in [0.2, 0.25) is 0 Å². The molecule has 0 bridgehead atoms. The molecular formula is C15H13ClO2. The molecule has 0 aromatic heterocycles. The maximum Gasteiger partial charge on any atom is 0.252 e. The van der Waals surface area contributed by atoms with E-state index in [0.29, 0.717) is 17.9 Å². The largest absolute Gasteiger partial charge is 0.489 e. The van der Waals surface area contributed by atoms with Crippen LogP contribution < -0.4 is 4.74 Å². The summed E-state index contributed by atoms with van der Waals surface area (Å²) in [6.07, 6.45) is 0. The van der Waals surface area contributed by atoms with Gasteiger partial charge in [0.05, 0.1) is 0 Å². The van der Waals surface area contributed by atoms with Crippen molar-refractivity contribution in [2.75, 3.05) is 0 Å². The zero-order valence-electron chi connectivity index (χ0n) is 10.0. The lowest BCUT2D eigenvalue weighted by Gasteiger charge is -2.09. The van der Waals surface area contributed by atoms with Crippen molar-refractivity contribution in [2.24, 2.45) is 0 Å². The van der Waals surface area contributed by atoms with Crippen LogP contribution in [0.3, 0.4) is 0 Å². The summed E-state index contributed by atoms with van der Waals surface area (Å²) >= 11 is 5.42. The van der Waals surface area contributed by atoms with E-state index in [0.717, 1.165) is 5.56 Å². The molecule has 2 aromatic carbocycles. The van der Waals surface area contributed by atoms with E-state index in [2.05, 4.69) is 0 Å². The van der Waals surface area contributed by atoms with Gasteiger partial charge in [0.25, 0.3) is 5.24 Å². The fraction of sp³-hybridized carbons (Fsp3) is 0.133. The van der Waals surface area contributed by atoms with E-state index >= 15 is 0 Å². The third-order valence-electron chi connectivity index (χ3n) is 2.72. The van der Waals surface area contributed by atoms with Crippen molar-refractivity contribution in [3.8, 4) is 5.75 Å². The highest BCUT2D eigenvalue weighted by molar-refractivity contribution is 6.67. The molecule has 2 rings (SSSR count). The molecular weight excluding hydrogens is 248 g/mol. The average molecular weight is 261 g/mol. The number of hydrogen-bond acceptors (Lipinski definition) is 2. The van der Waals surface area contributed by atoms with Crippen molar-refractivity contribution >= 4 is 16.8 Å². The molecule has 0 radical (unpaired) electrons. The van der Waals surface area contributed by atoms with Gasteiger partial charge in [-0.05, 0) is 47.9 Å². The topological polar surface area (TPSA) is 26.3 Å². The Morgan fingerprint density at radius 3 is 2.67 bits per heavy atom. The van der Waals surface area contributed by atoms with Gasteiger partial charge in [0, 0.05) is 5.56 Å². The van der Waals surface area contributed by atoms with Crippen molar-refractivity contribution in [1.29, 1.82) is 0 Å². The van der Waals surface area contributed by atoms with E-state index in [1.54, 1.807) is 18.2 Å². The molecule has 0 fully saturated rings. The van der Waals surface area contributed by atoms with Crippen LogP contribution >= 0.6 is 11.6 Å². The van der Waals surface area contributed by atoms with E-state index in [1.165, 1.54) is 5.56 Å². The monoisotopic (exact) mass is 260 g/mol. The Kier molecular flexibility index (Phi) is 4.00. The molecule has 2 aromatic rings. The molecule has 0 spiro atoms. The summed E-state index contributed by atoms with van der Waals surface area (Å²) in [4.78, 5) is 11.0. The summed E-state index contributed by atoms with van der Waals surface area (Å²) in [6.45, 7) is 2.52. The first-order chi connectivity index (χ1) is 8.66. The number of halogens is 1. The number of hydrogen-bond donors (Lipinski definition) is 0. The zero-order chi connectivity index (χ0) is 13.0. The van der Waals surface area contributed by atoms with Crippen molar-refractivity contribution in [2.45, 2.75) is 13.5 Å². The van der Waals surface area contributed by atoms with Crippen LogP contribution in [-0.4, -0.2) is 5.24 Å². The molecule has 0 unspecified atom stereocenters. The minimum Gasteiger partial charge on any atom is -0.489 e. The fourth-order valence-electron chi connectivity index (χ4n) is 1.64. The summed E-state index contributed by atoms with van der Waals surface area (Å²) in [5, 5.41) is -0.476. The first kappa shape index (κ1) is 12.7. The second kappa shape index (κ2) is 5.69. The first-order valence-electron chi connectivity index (χ1n) is 5.64. The minimum absolute atomic E-state index is 0.443. The third kappa shape index (κ3) is 3.11. The predicted molar refractivity (Wildman–Crippen MR) is 72.1 cm³/mol. The van der Waals surface area contributed by atoms with Crippen LogP contribution in [0.15, 0.2) is 48.5 Å². The molecule has 0 N–H and O–H groups in total. The smallest absolute Gasteiger partial charge is 0.252 e. The molecule has 18 heavy (non-hydrogen) atoms. The lowest BCUT2D eigenvalue weighted by atomic mass is 10.1. The molecule has 3 heteroatoms. The molecule has 92 valence electrons. The van der Waals surface area contributed by atoms with Crippen LogP contribution in [-0.2, 0) is 6.61 Å². The van der Waals surface area contributed by atoms with Crippen molar-refractivity contribution in [3.05, 3.63) is 65.2 Å². The van der Waals surface area contributed by atoms with Gasteiger partial charge in [-0.3, -0.25) is 4.79 Å². The van der Waals surface area contributed by atoms with E-state index in [-0.39, 0.29) is 0 Å². The normalized spacial score (nSPS) is 10.1. The van der Waals surface area contributed by atoms with E-state index in [9.17, 15) is 4.79 Å². The Morgan fingerprint density at radius 2 is 1.94 bits per heavy atom. The van der Waals surface area contributed by atoms with Gasteiger partial charge in [0.1, 0.15) is 12.4 Å². The Balaban J connectivity index is 2.09. The summed E-state index contributed by atoms with van der Waals surface area (Å²) < 4.78 is 5.65. The van der Waals surface area contributed by atoms with Gasteiger partial charge in [0.15, 0.2) is 0 Å². The van der Waals surface area contributed by atoms with E-state index < -0.39 is 5.24 Å². The van der Waals surface area contributed by atoms with Gasteiger partial charge in [-0.1, -0.05) is 30.3 Å². The molecule has 2 nitrogen and oxygen atoms in total. The lowest BCUT2D eigenvalue weighted by Crippen LogP contribution is -1.98. The van der Waals surface area contributed by atoms with Crippen LogP contribution in [0, 0.1) is 6.92 Å². The van der Waals surface area contributed by atoms with Crippen LogP contribution in [0.2, 0.25) is 0 Å². The number of carbonyl (C=O) groups excluding carboxylic acids is 1. The maximum absolute atomic E-state index is 11.0. The van der Waals surface area contributed by atoms with Crippen LogP contribution in [0.4, 0.5) is 0 Å². The van der Waals surface area contributed by atoms with Crippen LogP contribution in [0.1, 0.15) is 21.5 Å². The summed E-state index contributed by atoms with van der Waals surface area (Å²) in [6, 6.07) is 14.9. The molecule has 0 aliphatic carbocycles. The van der Waals surface area contributed by atoms with Gasteiger partial charge in [-0.2, -0.15) is 0 Å². The average Bonchev–Trinajstić information content (AvgIpc) is 2.38. The van der Waals surface area contributed by atoms with Crippen molar-refractivity contribution in [1.82, 2.24) is 0 Å². The first-order valence-corrected chi connectivity index (χ1v) is 6.02. The van der Waals surface area contributed by atoms with Gasteiger partial charge in [-0.15, -0.1) is 0 Å². The van der Waals surface area contributed by atoms with Gasteiger partial charge in [-0.25, -0.2) is 0 Å². The second-order valence-electron chi connectivity index (χ2n) is 4.02. The van der Waals surface area contributed by atoms with Gasteiger partial charge >= 0.3 is 0 Å². The highest BCUT2D eigenvalue weighted by Crippen LogP contribution is 2.17. The SMILES string of the molecule is Cc1ccccc1COc1cccc(C(=O)Cl)c1. The Morgan fingerprint density at radius 1 is 1.17 bits per heavy atom. The number of aryl methyl sites for hydroxylation is 1. The zero-order valence-corrected chi connectivity index (χ0v) is 10.8. The fourth-order valence-corrected chi connectivity index (χ4v) is 1.76. The molecule has 0 aliphatic heterocycles. The highest BCUT2D eigenvalue weighted by atomic mass is 35.5. The Labute approximate surface area is 111 Å². The number of benzene rings is 2. The quantitative estimate of drug-likeness (QED) is 0.778. The summed E-state index contributed by atoms with van der Waals surface area (Å²) in [5.41, 5.74) is 2.75. The lowest BCUT2D eigenvalue weighted by molar-refractivity contribution is 0.108. The van der Waals surface area contributed by atoms with E-state index in [4.69, 9.17) is 16.3 Å². The third-order valence-corrected chi connectivity index (χ3v) is 2.93. The van der Waals surface area contributed by atoms with Crippen molar-refractivity contribution < 1.29 is 9.53 Å². The van der Waals surface area contributed by atoms with Crippen molar-refractivity contribution in [3.63, 3.8) is 0 Å². The molecule has 0 atom stereocenters.